The number of ether oxygens (including phenoxy) is 1. The van der Waals surface area contributed by atoms with Crippen molar-refractivity contribution < 1.29 is 4.74 Å². The Bertz CT molecular complexity index is 1190. The summed E-state index contributed by atoms with van der Waals surface area (Å²) in [7, 11) is 0. The zero-order chi connectivity index (χ0) is 20.6. The summed E-state index contributed by atoms with van der Waals surface area (Å²) in [5.41, 5.74) is 5.07. The molecule has 8 heteroatoms. The van der Waals surface area contributed by atoms with Gasteiger partial charge in [0.25, 0.3) is 0 Å². The van der Waals surface area contributed by atoms with Crippen molar-refractivity contribution in [1.82, 2.24) is 35.2 Å². The second-order valence-electron chi connectivity index (χ2n) is 8.72. The smallest absolute Gasteiger partial charge is 0.184 e. The lowest BCUT2D eigenvalue weighted by molar-refractivity contribution is 0.300. The molecule has 1 N–H and O–H groups in total. The Balaban J connectivity index is 1.46. The molecule has 8 nitrogen and oxygen atoms in total. The molecule has 4 aromatic rings. The first-order chi connectivity index (χ1) is 15.4. The van der Waals surface area contributed by atoms with Crippen LogP contribution in [0.15, 0.2) is 36.7 Å². The second kappa shape index (κ2) is 7.76. The van der Waals surface area contributed by atoms with E-state index in [9.17, 15) is 0 Å². The van der Waals surface area contributed by atoms with E-state index >= 15 is 0 Å². The van der Waals surface area contributed by atoms with Crippen LogP contribution in [0.2, 0.25) is 0 Å². The molecule has 2 aliphatic carbocycles. The normalized spacial score (nSPS) is 17.3. The zero-order valence-electron chi connectivity index (χ0n) is 17.4. The van der Waals surface area contributed by atoms with E-state index in [4.69, 9.17) is 14.8 Å². The molecule has 158 valence electrons. The average Bonchev–Trinajstić information content (AvgIpc) is 3.30. The lowest BCUT2D eigenvalue weighted by Crippen LogP contribution is -2.12. The number of nitrogens with zero attached hydrogens (tertiary/aromatic N) is 6. The third kappa shape index (κ3) is 3.56. The Hall–Kier alpha value is -3.29. The summed E-state index contributed by atoms with van der Waals surface area (Å²) in [5.74, 6) is 2.69. The molecule has 2 fully saturated rings. The van der Waals surface area contributed by atoms with Gasteiger partial charge in [-0.1, -0.05) is 31.4 Å². The molecule has 0 amide bonds. The van der Waals surface area contributed by atoms with E-state index < -0.39 is 0 Å². The van der Waals surface area contributed by atoms with Gasteiger partial charge in [0, 0.05) is 17.7 Å². The van der Waals surface area contributed by atoms with Gasteiger partial charge in [-0.15, -0.1) is 5.10 Å². The fourth-order valence-corrected chi connectivity index (χ4v) is 4.63. The number of fused-ring (bicyclic) bond motifs is 1. The molecule has 31 heavy (non-hydrogen) atoms. The summed E-state index contributed by atoms with van der Waals surface area (Å²) in [6.45, 7) is 0.809. The number of H-pyrrole nitrogens is 1. The Morgan fingerprint density at radius 2 is 1.94 bits per heavy atom. The van der Waals surface area contributed by atoms with Crippen LogP contribution >= 0.6 is 0 Å². The monoisotopic (exact) mass is 415 g/mol. The van der Waals surface area contributed by atoms with E-state index in [2.05, 4.69) is 38.8 Å². The van der Waals surface area contributed by atoms with Crippen molar-refractivity contribution in [3.8, 4) is 28.3 Å². The van der Waals surface area contributed by atoms with Crippen molar-refractivity contribution >= 4 is 5.65 Å². The van der Waals surface area contributed by atoms with Crippen LogP contribution in [0.5, 0.6) is 5.75 Å². The van der Waals surface area contributed by atoms with Crippen LogP contribution < -0.4 is 4.74 Å². The van der Waals surface area contributed by atoms with Gasteiger partial charge in [-0.2, -0.15) is 5.10 Å². The maximum absolute atomic E-state index is 6.05. The van der Waals surface area contributed by atoms with Crippen LogP contribution in [-0.4, -0.2) is 41.8 Å². The number of hydrogen-bond donors (Lipinski definition) is 1. The third-order valence-electron chi connectivity index (χ3n) is 6.48. The van der Waals surface area contributed by atoms with Crippen LogP contribution in [0.4, 0.5) is 0 Å². The van der Waals surface area contributed by atoms with Gasteiger partial charge in [0.05, 0.1) is 24.1 Å². The highest BCUT2D eigenvalue weighted by Gasteiger charge is 2.26. The number of rotatable bonds is 6. The van der Waals surface area contributed by atoms with Crippen molar-refractivity contribution in [1.29, 1.82) is 0 Å². The molecule has 3 heterocycles. The van der Waals surface area contributed by atoms with Gasteiger partial charge in [0.15, 0.2) is 11.5 Å². The minimum Gasteiger partial charge on any atom is -0.493 e. The fraction of sp³-hybridized carbons (Fsp3) is 0.435. The highest BCUT2D eigenvalue weighted by Crippen LogP contribution is 2.39. The van der Waals surface area contributed by atoms with Crippen LogP contribution in [0, 0.1) is 5.92 Å². The van der Waals surface area contributed by atoms with Crippen molar-refractivity contribution in [2.75, 3.05) is 6.61 Å². The summed E-state index contributed by atoms with van der Waals surface area (Å²) < 4.78 is 8.05. The molecule has 0 aliphatic heterocycles. The van der Waals surface area contributed by atoms with E-state index in [-0.39, 0.29) is 0 Å². The first-order valence-electron chi connectivity index (χ1n) is 11.2. The predicted octanol–water partition coefficient (Wildman–Crippen LogP) is 4.41. The molecule has 0 unspecified atom stereocenters. The van der Waals surface area contributed by atoms with E-state index in [1.165, 1.54) is 50.6 Å². The topological polar surface area (TPSA) is 93.9 Å². The maximum atomic E-state index is 6.05. The quantitative estimate of drug-likeness (QED) is 0.501. The minimum absolute atomic E-state index is 0.450. The number of aromatic nitrogens is 7. The molecule has 1 aromatic carbocycles. The van der Waals surface area contributed by atoms with Crippen molar-refractivity contribution in [2.45, 2.75) is 50.9 Å². The van der Waals surface area contributed by atoms with Gasteiger partial charge >= 0.3 is 0 Å². The number of nitrogens with one attached hydrogen (secondary N) is 1. The molecule has 0 atom stereocenters. The van der Waals surface area contributed by atoms with E-state index in [0.717, 1.165) is 40.6 Å². The van der Waals surface area contributed by atoms with Gasteiger partial charge < -0.3 is 4.74 Å². The number of benzene rings is 1. The lowest BCUT2D eigenvalue weighted by Gasteiger charge is -2.25. The van der Waals surface area contributed by atoms with Gasteiger partial charge in [0.2, 0.25) is 0 Å². The highest BCUT2D eigenvalue weighted by molar-refractivity contribution is 5.75. The zero-order valence-corrected chi connectivity index (χ0v) is 17.4. The van der Waals surface area contributed by atoms with Gasteiger partial charge in [0.1, 0.15) is 5.75 Å². The van der Waals surface area contributed by atoms with Crippen LogP contribution in [0.3, 0.4) is 0 Å². The fourth-order valence-electron chi connectivity index (χ4n) is 4.63. The van der Waals surface area contributed by atoms with Crippen molar-refractivity contribution in [3.05, 3.63) is 42.4 Å². The predicted molar refractivity (Wildman–Crippen MR) is 116 cm³/mol. The number of aromatic amines is 1. The van der Waals surface area contributed by atoms with Gasteiger partial charge in [-0.3, -0.25) is 0 Å². The summed E-state index contributed by atoms with van der Waals surface area (Å²) in [5, 5.41) is 19.0. The minimum atomic E-state index is 0.450. The highest BCUT2D eigenvalue weighted by atomic mass is 16.5. The number of hydrogen-bond acceptors (Lipinski definition) is 6. The Morgan fingerprint density at radius 1 is 1.03 bits per heavy atom. The van der Waals surface area contributed by atoms with Crippen LogP contribution in [0.1, 0.15) is 56.6 Å². The van der Waals surface area contributed by atoms with Crippen molar-refractivity contribution in [3.63, 3.8) is 0 Å². The van der Waals surface area contributed by atoms with Crippen LogP contribution in [-0.2, 0) is 0 Å². The summed E-state index contributed by atoms with van der Waals surface area (Å²) >= 11 is 0. The third-order valence-corrected chi connectivity index (χ3v) is 6.48. The second-order valence-corrected chi connectivity index (χ2v) is 8.72. The summed E-state index contributed by atoms with van der Waals surface area (Å²) in [6.07, 6.45) is 12.5. The molecule has 0 bridgehead atoms. The van der Waals surface area contributed by atoms with Gasteiger partial charge in [-0.05, 0) is 59.7 Å². The molecule has 6 rings (SSSR count). The van der Waals surface area contributed by atoms with Crippen molar-refractivity contribution in [2.24, 2.45) is 5.92 Å². The standard InChI is InChI=1S/C23H25N7O/c1-2-5-16(6-3-1)21-19(17-7-4-8-18(11-17)31-14-15-9-10-15)12-24-23-20(13-25-30(21)23)22-26-28-29-27-22/h4,7-8,11-13,15-16H,1-3,5-6,9-10,14H2,(H,26,27,28,29). The van der Waals surface area contributed by atoms with Crippen LogP contribution in [0.25, 0.3) is 28.2 Å². The molecule has 0 spiro atoms. The van der Waals surface area contributed by atoms with Gasteiger partial charge in [-0.25, -0.2) is 14.6 Å². The first-order valence-corrected chi connectivity index (χ1v) is 11.2. The molecule has 2 saturated carbocycles. The molecule has 0 saturated heterocycles. The summed E-state index contributed by atoms with van der Waals surface area (Å²) in [6, 6.07) is 8.40. The number of tetrazole rings is 1. The SMILES string of the molecule is c1cc(OCC2CC2)cc(-c2cnc3c(-c4nnn[nH]4)cnn3c2C2CCCCC2)c1. The lowest BCUT2D eigenvalue weighted by atomic mass is 9.84. The van der Waals surface area contributed by atoms with E-state index in [1.807, 2.05) is 16.8 Å². The van der Waals surface area contributed by atoms with E-state index in [0.29, 0.717) is 11.7 Å². The molecular formula is C23H25N7O. The van der Waals surface area contributed by atoms with E-state index in [1.54, 1.807) is 6.20 Å². The maximum Gasteiger partial charge on any atom is 0.184 e. The molecule has 3 aromatic heterocycles. The Kier molecular flexibility index (Phi) is 4.62. The Morgan fingerprint density at radius 3 is 2.74 bits per heavy atom. The largest absolute Gasteiger partial charge is 0.493 e. The first kappa shape index (κ1) is 18.5. The Labute approximate surface area is 180 Å². The average molecular weight is 416 g/mol. The molecular weight excluding hydrogens is 390 g/mol. The summed E-state index contributed by atoms with van der Waals surface area (Å²) in [4.78, 5) is 4.79. The molecule has 2 aliphatic rings. The molecule has 0 radical (unpaired) electrons.